The molecule has 26 heavy (non-hydrogen) atoms. The van der Waals surface area contributed by atoms with Crippen LogP contribution in [0.15, 0.2) is 53.6 Å². The van der Waals surface area contributed by atoms with Crippen LogP contribution >= 0.6 is 0 Å². The zero-order valence-electron chi connectivity index (χ0n) is 13.6. The van der Waals surface area contributed by atoms with E-state index >= 15 is 0 Å². The lowest BCUT2D eigenvalue weighted by Gasteiger charge is -2.11. The third kappa shape index (κ3) is 2.96. The molecule has 0 amide bonds. The SMILES string of the molecule is O=S(=O)(Nc1cccc(-c2cnc3n2CCC3)c1)c1ccc(F)cc1F. The molecular weight excluding hydrogens is 360 g/mol. The maximum absolute atomic E-state index is 13.8. The highest BCUT2D eigenvalue weighted by Gasteiger charge is 2.21. The molecule has 4 rings (SSSR count). The average molecular weight is 375 g/mol. The number of fused-ring (bicyclic) bond motifs is 1. The minimum Gasteiger partial charge on any atom is -0.328 e. The van der Waals surface area contributed by atoms with Gasteiger partial charge in [-0.15, -0.1) is 0 Å². The van der Waals surface area contributed by atoms with Crippen molar-refractivity contribution in [3.05, 3.63) is 66.1 Å². The highest BCUT2D eigenvalue weighted by atomic mass is 32.2. The quantitative estimate of drug-likeness (QED) is 0.758. The fourth-order valence-corrected chi connectivity index (χ4v) is 4.24. The van der Waals surface area contributed by atoms with Crippen molar-refractivity contribution >= 4 is 15.7 Å². The zero-order chi connectivity index (χ0) is 18.3. The topological polar surface area (TPSA) is 64.0 Å². The molecule has 0 saturated carbocycles. The van der Waals surface area contributed by atoms with Gasteiger partial charge in [-0.1, -0.05) is 12.1 Å². The fraction of sp³-hybridized carbons (Fsp3) is 0.167. The van der Waals surface area contributed by atoms with Crippen LogP contribution in [0.3, 0.4) is 0 Å². The first-order chi connectivity index (χ1) is 12.4. The van der Waals surface area contributed by atoms with Crippen molar-refractivity contribution in [1.82, 2.24) is 9.55 Å². The molecule has 0 fully saturated rings. The molecule has 8 heteroatoms. The first kappa shape index (κ1) is 16.7. The van der Waals surface area contributed by atoms with Gasteiger partial charge in [0.2, 0.25) is 0 Å². The van der Waals surface area contributed by atoms with E-state index in [0.717, 1.165) is 48.6 Å². The van der Waals surface area contributed by atoms with Crippen LogP contribution in [0.5, 0.6) is 0 Å². The molecule has 0 saturated heterocycles. The van der Waals surface area contributed by atoms with Gasteiger partial charge >= 0.3 is 0 Å². The van der Waals surface area contributed by atoms with E-state index in [2.05, 4.69) is 14.3 Å². The lowest BCUT2D eigenvalue weighted by molar-refractivity contribution is 0.551. The molecule has 0 atom stereocenters. The lowest BCUT2D eigenvalue weighted by atomic mass is 10.1. The third-order valence-electron chi connectivity index (χ3n) is 4.31. The summed E-state index contributed by atoms with van der Waals surface area (Å²) >= 11 is 0. The van der Waals surface area contributed by atoms with Crippen LogP contribution < -0.4 is 4.72 Å². The number of imidazole rings is 1. The Kier molecular flexibility index (Phi) is 3.99. The van der Waals surface area contributed by atoms with E-state index < -0.39 is 26.6 Å². The van der Waals surface area contributed by atoms with Crippen molar-refractivity contribution in [2.24, 2.45) is 0 Å². The van der Waals surface area contributed by atoms with Crippen LogP contribution in [0.4, 0.5) is 14.5 Å². The predicted octanol–water partition coefficient (Wildman–Crippen LogP) is 3.58. The average Bonchev–Trinajstić information content (AvgIpc) is 3.17. The van der Waals surface area contributed by atoms with Gasteiger partial charge in [-0.2, -0.15) is 0 Å². The molecule has 0 bridgehead atoms. The second-order valence-corrected chi connectivity index (χ2v) is 7.73. The van der Waals surface area contributed by atoms with E-state index in [9.17, 15) is 17.2 Å². The smallest absolute Gasteiger partial charge is 0.264 e. The second-order valence-electron chi connectivity index (χ2n) is 6.08. The highest BCUT2D eigenvalue weighted by molar-refractivity contribution is 7.92. The minimum atomic E-state index is -4.17. The van der Waals surface area contributed by atoms with E-state index in [4.69, 9.17) is 0 Å². The van der Waals surface area contributed by atoms with E-state index in [-0.39, 0.29) is 0 Å². The number of benzene rings is 2. The molecule has 0 spiro atoms. The summed E-state index contributed by atoms with van der Waals surface area (Å²) in [5.74, 6) is -0.959. The van der Waals surface area contributed by atoms with E-state index in [1.807, 2.05) is 6.07 Å². The predicted molar refractivity (Wildman–Crippen MR) is 93.2 cm³/mol. The number of halogens is 2. The summed E-state index contributed by atoms with van der Waals surface area (Å²) in [6.45, 7) is 0.876. The number of nitrogens with zero attached hydrogens (tertiary/aromatic N) is 2. The van der Waals surface area contributed by atoms with Crippen molar-refractivity contribution in [3.8, 4) is 11.3 Å². The number of nitrogens with one attached hydrogen (secondary N) is 1. The van der Waals surface area contributed by atoms with Crippen LogP contribution in [-0.2, 0) is 23.0 Å². The Balaban J connectivity index is 1.67. The number of aryl methyl sites for hydroxylation is 1. The first-order valence-corrected chi connectivity index (χ1v) is 9.55. The Morgan fingerprint density at radius 1 is 1.12 bits per heavy atom. The number of hydrogen-bond donors (Lipinski definition) is 1. The normalized spacial score (nSPS) is 13.6. The van der Waals surface area contributed by atoms with Crippen LogP contribution in [-0.4, -0.2) is 18.0 Å². The Labute approximate surface area is 149 Å². The molecule has 5 nitrogen and oxygen atoms in total. The van der Waals surface area contributed by atoms with Crippen molar-refractivity contribution in [2.45, 2.75) is 24.3 Å². The van der Waals surface area contributed by atoms with Gasteiger partial charge < -0.3 is 4.57 Å². The molecule has 0 aliphatic carbocycles. The molecular formula is C18H15F2N3O2S. The Bertz CT molecular complexity index is 1090. The summed E-state index contributed by atoms with van der Waals surface area (Å²) in [6, 6.07) is 9.16. The molecule has 1 aliphatic rings. The number of rotatable bonds is 4. The van der Waals surface area contributed by atoms with E-state index in [1.165, 1.54) is 0 Å². The molecule has 2 heterocycles. The summed E-state index contributed by atoms with van der Waals surface area (Å²) < 4.78 is 56.2. The van der Waals surface area contributed by atoms with Gasteiger partial charge in [0.05, 0.1) is 11.9 Å². The molecule has 1 aliphatic heterocycles. The van der Waals surface area contributed by atoms with Gasteiger partial charge in [0.25, 0.3) is 10.0 Å². The first-order valence-electron chi connectivity index (χ1n) is 8.07. The molecule has 1 N–H and O–H groups in total. The third-order valence-corrected chi connectivity index (χ3v) is 5.73. The zero-order valence-corrected chi connectivity index (χ0v) is 14.4. The van der Waals surface area contributed by atoms with E-state index in [0.29, 0.717) is 11.8 Å². The van der Waals surface area contributed by atoms with Crippen molar-refractivity contribution < 1.29 is 17.2 Å². The van der Waals surface area contributed by atoms with Crippen molar-refractivity contribution in [3.63, 3.8) is 0 Å². The number of anilines is 1. The van der Waals surface area contributed by atoms with Crippen LogP contribution in [0, 0.1) is 11.6 Å². The Morgan fingerprint density at radius 2 is 1.96 bits per heavy atom. The van der Waals surface area contributed by atoms with E-state index in [1.54, 1.807) is 24.4 Å². The minimum absolute atomic E-state index is 0.291. The van der Waals surface area contributed by atoms with Crippen LogP contribution in [0.2, 0.25) is 0 Å². The van der Waals surface area contributed by atoms with Gasteiger partial charge in [0.1, 0.15) is 22.4 Å². The second kappa shape index (κ2) is 6.21. The van der Waals surface area contributed by atoms with Crippen LogP contribution in [0.25, 0.3) is 11.3 Å². The van der Waals surface area contributed by atoms with Gasteiger partial charge in [-0.05, 0) is 30.7 Å². The molecule has 2 aromatic carbocycles. The molecule has 1 aromatic heterocycles. The molecule has 134 valence electrons. The number of aromatic nitrogens is 2. The summed E-state index contributed by atoms with van der Waals surface area (Å²) in [6.07, 6.45) is 3.73. The maximum atomic E-state index is 13.8. The summed E-state index contributed by atoms with van der Waals surface area (Å²) in [4.78, 5) is 3.78. The lowest BCUT2D eigenvalue weighted by Crippen LogP contribution is -2.14. The summed E-state index contributed by atoms with van der Waals surface area (Å²) in [5, 5.41) is 0. The van der Waals surface area contributed by atoms with Crippen molar-refractivity contribution in [2.75, 3.05) is 4.72 Å². The van der Waals surface area contributed by atoms with Gasteiger partial charge in [-0.3, -0.25) is 4.72 Å². The fourth-order valence-electron chi connectivity index (χ4n) is 3.13. The highest BCUT2D eigenvalue weighted by Crippen LogP contribution is 2.28. The molecule has 3 aromatic rings. The molecule has 0 unspecified atom stereocenters. The van der Waals surface area contributed by atoms with Crippen molar-refractivity contribution in [1.29, 1.82) is 0 Å². The molecule has 0 radical (unpaired) electrons. The summed E-state index contributed by atoms with van der Waals surface area (Å²) in [5.41, 5.74) is 2.01. The largest absolute Gasteiger partial charge is 0.328 e. The standard InChI is InChI=1S/C18H15F2N3O2S/c19-13-6-7-17(15(20)10-13)26(24,25)22-14-4-1-3-12(9-14)16-11-21-18-5-2-8-23(16)18/h1,3-4,6-7,9-11,22H,2,5,8H2. The number of hydrogen-bond acceptors (Lipinski definition) is 3. The van der Waals surface area contributed by atoms with Crippen LogP contribution in [0.1, 0.15) is 12.2 Å². The Morgan fingerprint density at radius 3 is 2.77 bits per heavy atom. The van der Waals surface area contributed by atoms with Gasteiger partial charge in [0.15, 0.2) is 0 Å². The van der Waals surface area contributed by atoms with Gasteiger partial charge in [-0.25, -0.2) is 22.2 Å². The number of sulfonamides is 1. The summed E-state index contributed by atoms with van der Waals surface area (Å²) in [7, 11) is -4.17. The monoisotopic (exact) mass is 375 g/mol. The van der Waals surface area contributed by atoms with Gasteiger partial charge in [0, 0.05) is 30.3 Å². The Hall–Kier alpha value is -2.74. The maximum Gasteiger partial charge on any atom is 0.264 e.